The van der Waals surface area contributed by atoms with Gasteiger partial charge in [0.05, 0.1) is 17.3 Å². The first kappa shape index (κ1) is 25.6. The molecule has 0 fully saturated rings. The number of hydrazine groups is 1. The molecule has 0 aromatic heterocycles. The van der Waals surface area contributed by atoms with E-state index in [9.17, 15) is 17.6 Å². The predicted molar refractivity (Wildman–Crippen MR) is 124 cm³/mol. The molecule has 3 N–H and O–H groups in total. The number of aliphatic imine (C=N–C) groups is 1. The third kappa shape index (κ3) is 6.52. The lowest BCUT2D eigenvalue weighted by Crippen LogP contribution is -2.52. The maximum atomic E-state index is 13.0. The van der Waals surface area contributed by atoms with Gasteiger partial charge in [0.15, 0.2) is 15.4 Å². The van der Waals surface area contributed by atoms with Crippen molar-refractivity contribution in [3.63, 3.8) is 0 Å². The number of nitrogens with one attached hydrogen (secondary N) is 2. The van der Waals surface area contributed by atoms with Gasteiger partial charge in [-0.15, -0.1) is 0 Å². The number of aliphatic hydroxyl groups is 1. The normalized spacial score (nSPS) is 17.6. The van der Waals surface area contributed by atoms with Crippen LogP contribution >= 0.6 is 0 Å². The Morgan fingerprint density at radius 1 is 1.18 bits per heavy atom. The number of aliphatic hydroxyl groups excluding tert-OH is 1. The second kappa shape index (κ2) is 11.9. The molecule has 1 atom stereocenters. The van der Waals surface area contributed by atoms with Gasteiger partial charge in [0.1, 0.15) is 19.0 Å². The number of hydrogen-bond acceptors (Lipinski definition) is 8. The molecule has 0 aliphatic carbocycles. The van der Waals surface area contributed by atoms with Crippen molar-refractivity contribution in [2.24, 2.45) is 4.99 Å². The SMILES string of the molecule is O=C(NNCCF)[C@]1(CCS(=O)(=O)c2ccccc2)COC(c2ccc(OCCCO)cc2)=N1. The third-order valence-electron chi connectivity index (χ3n) is 5.17. The van der Waals surface area contributed by atoms with Gasteiger partial charge in [0.25, 0.3) is 5.91 Å². The topological polar surface area (TPSA) is 126 Å². The molecule has 1 heterocycles. The molecule has 9 nitrogen and oxygen atoms in total. The highest BCUT2D eigenvalue weighted by Crippen LogP contribution is 2.28. The Balaban J connectivity index is 1.79. The van der Waals surface area contributed by atoms with Crippen LogP contribution < -0.4 is 15.6 Å². The highest BCUT2D eigenvalue weighted by atomic mass is 32.2. The Kier molecular flexibility index (Phi) is 8.97. The Hall–Kier alpha value is -3.02. The van der Waals surface area contributed by atoms with E-state index < -0.39 is 28.0 Å². The van der Waals surface area contributed by atoms with E-state index in [1.54, 1.807) is 42.5 Å². The second-order valence-corrected chi connectivity index (χ2v) is 9.75. The number of nitrogens with zero attached hydrogens (tertiary/aromatic N) is 1. The summed E-state index contributed by atoms with van der Waals surface area (Å²) < 4.78 is 49.3. The van der Waals surface area contributed by atoms with Crippen molar-refractivity contribution >= 4 is 21.6 Å². The largest absolute Gasteiger partial charge is 0.494 e. The van der Waals surface area contributed by atoms with Gasteiger partial charge in [-0.25, -0.2) is 23.2 Å². The van der Waals surface area contributed by atoms with Crippen LogP contribution in [0.25, 0.3) is 0 Å². The predicted octanol–water partition coefficient (Wildman–Crippen LogP) is 1.42. The number of alkyl halides is 1. The highest BCUT2D eigenvalue weighted by molar-refractivity contribution is 7.91. The van der Waals surface area contributed by atoms with Crippen LogP contribution in [0.5, 0.6) is 5.75 Å². The summed E-state index contributed by atoms with van der Waals surface area (Å²) in [5, 5.41) is 8.85. The molecule has 184 valence electrons. The maximum Gasteiger partial charge on any atom is 0.265 e. The van der Waals surface area contributed by atoms with Crippen LogP contribution in [-0.4, -0.2) is 69.7 Å². The lowest BCUT2D eigenvalue weighted by atomic mass is 9.98. The Bertz CT molecular complexity index is 1080. The van der Waals surface area contributed by atoms with Crippen LogP contribution in [0, 0.1) is 0 Å². The van der Waals surface area contributed by atoms with Crippen molar-refractivity contribution in [2.75, 3.05) is 38.8 Å². The number of hydrogen-bond donors (Lipinski definition) is 3. The zero-order valence-electron chi connectivity index (χ0n) is 18.6. The molecule has 0 radical (unpaired) electrons. The van der Waals surface area contributed by atoms with E-state index in [-0.39, 0.29) is 42.7 Å². The number of benzene rings is 2. The van der Waals surface area contributed by atoms with Crippen molar-refractivity contribution in [1.29, 1.82) is 0 Å². The molecule has 1 aliphatic rings. The minimum atomic E-state index is -3.66. The first-order chi connectivity index (χ1) is 16.4. The van der Waals surface area contributed by atoms with Gasteiger partial charge in [-0.05, 0) is 42.8 Å². The Morgan fingerprint density at radius 3 is 2.59 bits per heavy atom. The minimum Gasteiger partial charge on any atom is -0.494 e. The lowest BCUT2D eigenvalue weighted by Gasteiger charge is -2.23. The summed E-state index contributed by atoms with van der Waals surface area (Å²) in [5.41, 5.74) is 3.96. The molecule has 0 spiro atoms. The van der Waals surface area contributed by atoms with Crippen LogP contribution in [0.2, 0.25) is 0 Å². The van der Waals surface area contributed by atoms with E-state index in [1.807, 2.05) is 0 Å². The zero-order valence-corrected chi connectivity index (χ0v) is 19.4. The maximum absolute atomic E-state index is 13.0. The second-order valence-electron chi connectivity index (χ2n) is 7.64. The number of carbonyl (C=O) groups is 1. The fraction of sp³-hybridized carbons (Fsp3) is 0.391. The summed E-state index contributed by atoms with van der Waals surface area (Å²) in [6, 6.07) is 14.8. The van der Waals surface area contributed by atoms with E-state index in [4.69, 9.17) is 14.6 Å². The molecule has 2 aromatic rings. The fourth-order valence-corrected chi connectivity index (χ4v) is 4.67. The number of sulfone groups is 1. The van der Waals surface area contributed by atoms with Crippen LogP contribution in [0.15, 0.2) is 64.5 Å². The number of carbonyl (C=O) groups excluding carboxylic acids is 1. The average molecular weight is 494 g/mol. The van der Waals surface area contributed by atoms with E-state index in [0.29, 0.717) is 24.3 Å². The quantitative estimate of drug-likeness (QED) is 0.285. The van der Waals surface area contributed by atoms with Gasteiger partial charge in [-0.3, -0.25) is 10.2 Å². The van der Waals surface area contributed by atoms with Crippen molar-refractivity contribution in [1.82, 2.24) is 10.9 Å². The molecule has 0 saturated carbocycles. The van der Waals surface area contributed by atoms with E-state index in [2.05, 4.69) is 15.8 Å². The highest BCUT2D eigenvalue weighted by Gasteiger charge is 2.45. The van der Waals surface area contributed by atoms with Crippen LogP contribution in [-0.2, 0) is 19.4 Å². The van der Waals surface area contributed by atoms with Gasteiger partial charge in [0, 0.05) is 25.1 Å². The molecule has 11 heteroatoms. The standard InChI is InChI=1S/C23H28FN3O6S/c24-12-13-25-27-22(29)23(11-16-34(30,31)20-5-2-1-3-6-20)17-33-21(26-23)18-7-9-19(10-8-18)32-15-4-14-28/h1-3,5-10,25,28H,4,11-17H2,(H,27,29)/t23-/m0/s1. The summed E-state index contributed by atoms with van der Waals surface area (Å²) >= 11 is 0. The molecule has 0 saturated heterocycles. The zero-order chi connectivity index (χ0) is 24.4. The molecule has 3 rings (SSSR count). The first-order valence-corrected chi connectivity index (χ1v) is 12.5. The molecule has 1 aliphatic heterocycles. The van der Waals surface area contributed by atoms with Crippen LogP contribution in [0.1, 0.15) is 18.4 Å². The van der Waals surface area contributed by atoms with Crippen molar-refractivity contribution < 1.29 is 32.2 Å². The van der Waals surface area contributed by atoms with Crippen molar-refractivity contribution in [2.45, 2.75) is 23.3 Å². The first-order valence-electron chi connectivity index (χ1n) is 10.8. The molecule has 0 bridgehead atoms. The fourth-order valence-electron chi connectivity index (χ4n) is 3.26. The number of amides is 1. The molecule has 1 amide bonds. The van der Waals surface area contributed by atoms with Gasteiger partial charge in [-0.1, -0.05) is 18.2 Å². The number of halogens is 1. The van der Waals surface area contributed by atoms with E-state index >= 15 is 0 Å². The van der Waals surface area contributed by atoms with Crippen LogP contribution in [0.4, 0.5) is 4.39 Å². The summed E-state index contributed by atoms with van der Waals surface area (Å²) in [5.74, 6) is -0.141. The van der Waals surface area contributed by atoms with Gasteiger partial charge in [0.2, 0.25) is 5.90 Å². The summed E-state index contributed by atoms with van der Waals surface area (Å²) in [6.07, 6.45) is 0.386. The minimum absolute atomic E-state index is 0.0348. The monoisotopic (exact) mass is 493 g/mol. The molecule has 2 aromatic carbocycles. The number of rotatable bonds is 13. The molecule has 0 unspecified atom stereocenters. The van der Waals surface area contributed by atoms with Gasteiger partial charge >= 0.3 is 0 Å². The van der Waals surface area contributed by atoms with E-state index in [0.717, 1.165) is 0 Å². The molecule has 34 heavy (non-hydrogen) atoms. The van der Waals surface area contributed by atoms with Crippen molar-refractivity contribution in [3.05, 3.63) is 60.2 Å². The lowest BCUT2D eigenvalue weighted by molar-refractivity contribution is -0.127. The summed E-state index contributed by atoms with van der Waals surface area (Å²) in [4.78, 5) is 17.6. The third-order valence-corrected chi connectivity index (χ3v) is 6.90. The summed E-state index contributed by atoms with van der Waals surface area (Å²) in [6.45, 7) is -0.539. The molecular formula is C23H28FN3O6S. The van der Waals surface area contributed by atoms with Crippen molar-refractivity contribution in [3.8, 4) is 5.75 Å². The van der Waals surface area contributed by atoms with Gasteiger partial charge < -0.3 is 14.6 Å². The Labute approximate surface area is 197 Å². The number of ether oxygens (including phenoxy) is 2. The molecular weight excluding hydrogens is 465 g/mol. The average Bonchev–Trinajstić information content (AvgIpc) is 3.30. The van der Waals surface area contributed by atoms with Gasteiger partial charge in [-0.2, -0.15) is 0 Å². The Morgan fingerprint density at radius 2 is 1.91 bits per heavy atom. The van der Waals surface area contributed by atoms with E-state index in [1.165, 1.54) is 12.1 Å². The summed E-state index contributed by atoms with van der Waals surface area (Å²) in [7, 11) is -3.66. The smallest absolute Gasteiger partial charge is 0.265 e. The van der Waals surface area contributed by atoms with Crippen LogP contribution in [0.3, 0.4) is 0 Å².